The highest BCUT2D eigenvalue weighted by Crippen LogP contribution is 2.36. The predicted molar refractivity (Wildman–Crippen MR) is 68.2 cm³/mol. The van der Waals surface area contributed by atoms with Crippen LogP contribution in [0, 0.1) is 0 Å². The smallest absolute Gasteiger partial charge is 0.339 e. The third-order valence-corrected chi connectivity index (χ3v) is 3.47. The Morgan fingerprint density at radius 3 is 3.12 bits per heavy atom. The number of ether oxygens (including phenoxy) is 2. The quantitative estimate of drug-likeness (QED) is 0.785. The molecule has 1 aliphatic rings. The van der Waals surface area contributed by atoms with Crippen LogP contribution in [0.3, 0.4) is 0 Å². The van der Waals surface area contributed by atoms with E-state index in [2.05, 4.69) is 15.9 Å². The normalized spacial score (nSPS) is 18.6. The van der Waals surface area contributed by atoms with Crippen LogP contribution >= 0.6 is 27.5 Å². The topological polar surface area (TPSA) is 35.5 Å². The first-order valence-electron chi connectivity index (χ1n) is 5.39. The molecule has 5 heteroatoms. The molecule has 92 valence electrons. The predicted octanol–water partition coefficient (Wildman–Crippen LogP) is 3.28. The van der Waals surface area contributed by atoms with Crippen LogP contribution in [-0.2, 0) is 20.7 Å². The molecule has 0 saturated heterocycles. The van der Waals surface area contributed by atoms with Gasteiger partial charge in [0.1, 0.15) is 0 Å². The van der Waals surface area contributed by atoms with E-state index in [1.54, 1.807) is 13.0 Å². The number of fused-ring (bicyclic) bond motifs is 1. The summed E-state index contributed by atoms with van der Waals surface area (Å²) >= 11 is 9.40. The number of hydrogen-bond donors (Lipinski definition) is 0. The van der Waals surface area contributed by atoms with Gasteiger partial charge in [-0.05, 0) is 31.0 Å². The molecule has 0 fully saturated rings. The zero-order valence-electron chi connectivity index (χ0n) is 9.33. The number of carbonyl (C=O) groups is 1. The summed E-state index contributed by atoms with van der Waals surface area (Å²) < 4.78 is 11.3. The number of halogens is 2. The molecule has 0 bridgehead atoms. The van der Waals surface area contributed by atoms with E-state index >= 15 is 0 Å². The van der Waals surface area contributed by atoms with Gasteiger partial charge in [0.2, 0.25) is 0 Å². The van der Waals surface area contributed by atoms with Crippen LogP contribution in [0.25, 0.3) is 0 Å². The van der Waals surface area contributed by atoms with Crippen molar-refractivity contribution in [1.29, 1.82) is 0 Å². The Morgan fingerprint density at radius 1 is 1.65 bits per heavy atom. The molecule has 1 unspecified atom stereocenters. The molecule has 1 aromatic carbocycles. The number of benzene rings is 1. The standard InChI is InChI=1S/C12H12BrClO3/c1-2-16-12(15)11-10-7(3-4-17-11)5-8(14)6-9(10)13/h5-6,11H,2-4H2,1H3. The summed E-state index contributed by atoms with van der Waals surface area (Å²) in [5.74, 6) is -0.350. The zero-order chi connectivity index (χ0) is 12.4. The summed E-state index contributed by atoms with van der Waals surface area (Å²) in [5, 5.41) is 0.653. The lowest BCUT2D eigenvalue weighted by Gasteiger charge is -2.25. The SMILES string of the molecule is CCOC(=O)C1OCCc2cc(Cl)cc(Br)c21. The fourth-order valence-corrected chi connectivity index (χ4v) is 2.99. The van der Waals surface area contributed by atoms with Crippen molar-refractivity contribution in [3.8, 4) is 0 Å². The molecule has 0 spiro atoms. The Hall–Kier alpha value is -0.580. The largest absolute Gasteiger partial charge is 0.464 e. The number of carbonyl (C=O) groups excluding carboxylic acids is 1. The van der Waals surface area contributed by atoms with Crippen molar-refractivity contribution in [3.63, 3.8) is 0 Å². The highest BCUT2D eigenvalue weighted by Gasteiger charge is 2.30. The Morgan fingerprint density at radius 2 is 2.41 bits per heavy atom. The van der Waals surface area contributed by atoms with Crippen LogP contribution < -0.4 is 0 Å². The summed E-state index contributed by atoms with van der Waals surface area (Å²) in [6.45, 7) is 2.63. The van der Waals surface area contributed by atoms with Gasteiger partial charge < -0.3 is 9.47 Å². The molecular weight excluding hydrogens is 307 g/mol. The van der Waals surface area contributed by atoms with Gasteiger partial charge >= 0.3 is 5.97 Å². The van der Waals surface area contributed by atoms with Gasteiger partial charge in [0, 0.05) is 15.1 Å². The second-order valence-corrected chi connectivity index (χ2v) is 5.00. The van der Waals surface area contributed by atoms with E-state index in [0.717, 1.165) is 22.0 Å². The van der Waals surface area contributed by atoms with E-state index in [9.17, 15) is 4.79 Å². The molecule has 0 radical (unpaired) electrons. The van der Waals surface area contributed by atoms with E-state index in [-0.39, 0.29) is 5.97 Å². The van der Waals surface area contributed by atoms with Gasteiger partial charge in [-0.2, -0.15) is 0 Å². The fourth-order valence-electron chi connectivity index (χ4n) is 1.91. The van der Waals surface area contributed by atoms with Gasteiger partial charge in [-0.15, -0.1) is 0 Å². The fraction of sp³-hybridized carbons (Fsp3) is 0.417. The van der Waals surface area contributed by atoms with E-state index in [4.69, 9.17) is 21.1 Å². The molecule has 0 amide bonds. The van der Waals surface area contributed by atoms with Crippen molar-refractivity contribution in [1.82, 2.24) is 0 Å². The van der Waals surface area contributed by atoms with Gasteiger partial charge in [-0.25, -0.2) is 4.79 Å². The molecular formula is C12H12BrClO3. The lowest BCUT2D eigenvalue weighted by Crippen LogP contribution is -2.25. The van der Waals surface area contributed by atoms with Crippen molar-refractivity contribution in [2.45, 2.75) is 19.4 Å². The minimum Gasteiger partial charge on any atom is -0.464 e. The monoisotopic (exact) mass is 318 g/mol. The van der Waals surface area contributed by atoms with Crippen molar-refractivity contribution < 1.29 is 14.3 Å². The van der Waals surface area contributed by atoms with Gasteiger partial charge in [0.05, 0.1) is 13.2 Å². The van der Waals surface area contributed by atoms with E-state index in [1.807, 2.05) is 6.07 Å². The average molecular weight is 320 g/mol. The number of esters is 1. The summed E-state index contributed by atoms with van der Waals surface area (Å²) in [4.78, 5) is 11.8. The maximum Gasteiger partial charge on any atom is 0.339 e. The minimum atomic E-state index is -0.648. The third-order valence-electron chi connectivity index (χ3n) is 2.60. The minimum absolute atomic E-state index is 0.346. The first-order valence-corrected chi connectivity index (χ1v) is 6.56. The lowest BCUT2D eigenvalue weighted by atomic mass is 9.97. The molecule has 0 saturated carbocycles. The molecule has 1 heterocycles. The maximum absolute atomic E-state index is 11.8. The molecule has 0 aromatic heterocycles. The first kappa shape index (κ1) is 12.9. The second kappa shape index (κ2) is 5.38. The Balaban J connectivity index is 2.40. The highest BCUT2D eigenvalue weighted by atomic mass is 79.9. The van der Waals surface area contributed by atoms with Crippen LogP contribution in [-0.4, -0.2) is 19.2 Å². The Bertz CT molecular complexity index is 448. The molecule has 0 aliphatic carbocycles. The van der Waals surface area contributed by atoms with Gasteiger partial charge in [0.15, 0.2) is 6.10 Å². The molecule has 1 atom stereocenters. The highest BCUT2D eigenvalue weighted by molar-refractivity contribution is 9.10. The van der Waals surface area contributed by atoms with Crippen molar-refractivity contribution in [2.24, 2.45) is 0 Å². The van der Waals surface area contributed by atoms with Crippen LogP contribution in [0.5, 0.6) is 0 Å². The van der Waals surface area contributed by atoms with Gasteiger partial charge in [-0.3, -0.25) is 0 Å². The van der Waals surface area contributed by atoms with Gasteiger partial charge in [-0.1, -0.05) is 27.5 Å². The molecule has 0 N–H and O–H groups in total. The summed E-state index contributed by atoms with van der Waals surface area (Å²) in [7, 11) is 0. The van der Waals surface area contributed by atoms with Gasteiger partial charge in [0.25, 0.3) is 0 Å². The third kappa shape index (κ3) is 2.64. The maximum atomic E-state index is 11.8. The number of rotatable bonds is 2. The molecule has 1 aromatic rings. The van der Waals surface area contributed by atoms with Crippen molar-refractivity contribution >= 4 is 33.5 Å². The van der Waals surface area contributed by atoms with Crippen LogP contribution in [0.4, 0.5) is 0 Å². The zero-order valence-corrected chi connectivity index (χ0v) is 11.7. The first-order chi connectivity index (χ1) is 8.13. The van der Waals surface area contributed by atoms with Crippen LogP contribution in [0.2, 0.25) is 5.02 Å². The lowest BCUT2D eigenvalue weighted by molar-refractivity contribution is -0.158. The van der Waals surface area contributed by atoms with E-state index < -0.39 is 6.10 Å². The molecule has 2 rings (SSSR count). The molecule has 3 nitrogen and oxygen atoms in total. The Labute approximate surface area is 113 Å². The summed E-state index contributed by atoms with van der Waals surface area (Å²) in [6, 6.07) is 3.64. The van der Waals surface area contributed by atoms with Crippen LogP contribution in [0.1, 0.15) is 24.2 Å². The summed E-state index contributed by atoms with van der Waals surface area (Å²) in [6.07, 6.45) is 0.107. The Kier molecular flexibility index (Phi) is 4.07. The average Bonchev–Trinajstić information content (AvgIpc) is 2.28. The van der Waals surface area contributed by atoms with Crippen molar-refractivity contribution in [2.75, 3.05) is 13.2 Å². The second-order valence-electron chi connectivity index (χ2n) is 3.71. The molecule has 1 aliphatic heterocycles. The van der Waals surface area contributed by atoms with E-state index in [1.165, 1.54) is 0 Å². The summed E-state index contributed by atoms with van der Waals surface area (Å²) in [5.41, 5.74) is 1.87. The molecule has 17 heavy (non-hydrogen) atoms. The number of hydrogen-bond acceptors (Lipinski definition) is 3. The van der Waals surface area contributed by atoms with Crippen molar-refractivity contribution in [3.05, 3.63) is 32.8 Å². The van der Waals surface area contributed by atoms with E-state index in [0.29, 0.717) is 18.2 Å². The van der Waals surface area contributed by atoms with Crippen LogP contribution in [0.15, 0.2) is 16.6 Å².